The van der Waals surface area contributed by atoms with Gasteiger partial charge in [0.25, 0.3) is 0 Å². The molecule has 1 aliphatic heterocycles. The molecule has 0 aliphatic carbocycles. The monoisotopic (exact) mass is 265 g/mol. The smallest absolute Gasteiger partial charge is 0.205 e. The number of ketones is 1. The molecule has 0 unspecified atom stereocenters. The van der Waals surface area contributed by atoms with Crippen molar-refractivity contribution >= 4 is 11.7 Å². The number of carbonyl (C=O) groups excluding carboxylic acids is 1. The molecule has 3 nitrogen and oxygen atoms in total. The van der Waals surface area contributed by atoms with E-state index in [1.54, 1.807) is 19.1 Å². The number of aliphatic imine (C=N–C) groups is 1. The van der Waals surface area contributed by atoms with E-state index in [-0.39, 0.29) is 11.8 Å². The Labute approximate surface area is 117 Å². The lowest BCUT2D eigenvalue weighted by Gasteiger charge is -2.16. The number of hydrogen-bond acceptors (Lipinski definition) is 3. The van der Waals surface area contributed by atoms with Crippen LogP contribution in [0.2, 0.25) is 0 Å². The van der Waals surface area contributed by atoms with Gasteiger partial charge in [-0.05, 0) is 5.56 Å². The molecule has 2 atom stereocenters. The Morgan fingerprint density at radius 2 is 1.60 bits per heavy atom. The molecule has 3 rings (SSSR count). The molecule has 100 valence electrons. The van der Waals surface area contributed by atoms with Gasteiger partial charge in [-0.25, -0.2) is 4.99 Å². The Morgan fingerprint density at radius 1 is 1.00 bits per heavy atom. The SMILES string of the molecule is CC1=N[C@H](c2ccccc2)[C@@H](C(=O)c2ccccc2)O1. The van der Waals surface area contributed by atoms with Crippen LogP contribution in [0.15, 0.2) is 65.7 Å². The highest BCUT2D eigenvalue weighted by atomic mass is 16.5. The van der Waals surface area contributed by atoms with Gasteiger partial charge in [0.2, 0.25) is 5.78 Å². The zero-order valence-corrected chi connectivity index (χ0v) is 11.2. The van der Waals surface area contributed by atoms with Gasteiger partial charge in [-0.3, -0.25) is 4.79 Å². The average Bonchev–Trinajstić information content (AvgIpc) is 2.90. The maximum atomic E-state index is 12.6. The number of hydrogen-bond donors (Lipinski definition) is 0. The summed E-state index contributed by atoms with van der Waals surface area (Å²) in [4.78, 5) is 17.0. The molecule has 0 bridgehead atoms. The lowest BCUT2D eigenvalue weighted by molar-refractivity contribution is 0.0772. The van der Waals surface area contributed by atoms with Gasteiger partial charge in [0, 0.05) is 12.5 Å². The summed E-state index contributed by atoms with van der Waals surface area (Å²) in [5, 5.41) is 0. The molecule has 1 aliphatic rings. The van der Waals surface area contributed by atoms with Crippen LogP contribution in [0.5, 0.6) is 0 Å². The average molecular weight is 265 g/mol. The minimum Gasteiger partial charge on any atom is -0.467 e. The van der Waals surface area contributed by atoms with Crippen molar-refractivity contribution in [3.63, 3.8) is 0 Å². The fourth-order valence-corrected chi connectivity index (χ4v) is 2.41. The van der Waals surface area contributed by atoms with Crippen LogP contribution in [-0.4, -0.2) is 17.8 Å². The molecule has 0 aromatic heterocycles. The van der Waals surface area contributed by atoms with Crippen molar-refractivity contribution in [2.75, 3.05) is 0 Å². The molecule has 0 saturated heterocycles. The van der Waals surface area contributed by atoms with E-state index >= 15 is 0 Å². The largest absolute Gasteiger partial charge is 0.467 e. The molecule has 2 aromatic rings. The number of Topliss-reactive ketones (excluding diaryl/α,β-unsaturated/α-hetero) is 1. The highest BCUT2D eigenvalue weighted by molar-refractivity contribution is 6.02. The molecule has 20 heavy (non-hydrogen) atoms. The molecular formula is C17H15NO2. The van der Waals surface area contributed by atoms with Crippen molar-refractivity contribution in [3.8, 4) is 0 Å². The number of nitrogens with zero attached hydrogens (tertiary/aromatic N) is 1. The third-order valence-electron chi connectivity index (χ3n) is 3.36. The zero-order chi connectivity index (χ0) is 13.9. The maximum Gasteiger partial charge on any atom is 0.205 e. The van der Waals surface area contributed by atoms with Crippen molar-refractivity contribution in [2.24, 2.45) is 4.99 Å². The Kier molecular flexibility index (Phi) is 3.33. The van der Waals surface area contributed by atoms with Crippen LogP contribution >= 0.6 is 0 Å². The van der Waals surface area contributed by atoms with Crippen molar-refractivity contribution < 1.29 is 9.53 Å². The quantitative estimate of drug-likeness (QED) is 0.797. The van der Waals surface area contributed by atoms with Gasteiger partial charge >= 0.3 is 0 Å². The minimum absolute atomic E-state index is 0.0277. The van der Waals surface area contributed by atoms with E-state index in [0.29, 0.717) is 11.5 Å². The second-order valence-corrected chi connectivity index (χ2v) is 4.77. The van der Waals surface area contributed by atoms with Crippen molar-refractivity contribution in [1.82, 2.24) is 0 Å². The first-order valence-electron chi connectivity index (χ1n) is 6.61. The highest BCUT2D eigenvalue weighted by Crippen LogP contribution is 2.31. The molecule has 3 heteroatoms. The predicted octanol–water partition coefficient (Wildman–Crippen LogP) is 3.43. The fraction of sp³-hybridized carbons (Fsp3) is 0.176. The fourth-order valence-electron chi connectivity index (χ4n) is 2.41. The van der Waals surface area contributed by atoms with Gasteiger partial charge in [-0.1, -0.05) is 60.7 Å². The summed E-state index contributed by atoms with van der Waals surface area (Å²) in [5.74, 6) is 0.535. The topological polar surface area (TPSA) is 38.7 Å². The number of carbonyl (C=O) groups is 1. The minimum atomic E-state index is -0.570. The first kappa shape index (κ1) is 12.6. The van der Waals surface area contributed by atoms with Crippen LogP contribution in [0.3, 0.4) is 0 Å². The second-order valence-electron chi connectivity index (χ2n) is 4.77. The lowest BCUT2D eigenvalue weighted by Crippen LogP contribution is -2.27. The normalized spacial score (nSPS) is 21.1. The van der Waals surface area contributed by atoms with E-state index in [1.807, 2.05) is 48.5 Å². The summed E-state index contributed by atoms with van der Waals surface area (Å²) in [5.41, 5.74) is 1.65. The molecule has 1 heterocycles. The Morgan fingerprint density at radius 3 is 2.25 bits per heavy atom. The summed E-state index contributed by atoms with van der Waals surface area (Å²) in [6.45, 7) is 1.79. The van der Waals surface area contributed by atoms with Crippen LogP contribution in [-0.2, 0) is 4.74 Å². The van der Waals surface area contributed by atoms with Crippen molar-refractivity contribution in [1.29, 1.82) is 0 Å². The second kappa shape index (κ2) is 5.29. The van der Waals surface area contributed by atoms with E-state index < -0.39 is 6.10 Å². The van der Waals surface area contributed by atoms with E-state index in [4.69, 9.17) is 4.74 Å². The standard InChI is InChI=1S/C17H15NO2/c1-12-18-15(13-8-4-2-5-9-13)17(20-12)16(19)14-10-6-3-7-11-14/h2-11,15,17H,1H3/t15-,17+/m1/s1. The van der Waals surface area contributed by atoms with Gasteiger partial charge in [0.1, 0.15) is 6.04 Å². The summed E-state index contributed by atoms with van der Waals surface area (Å²) in [6.07, 6.45) is -0.570. The molecule has 0 radical (unpaired) electrons. The molecular weight excluding hydrogens is 250 g/mol. The van der Waals surface area contributed by atoms with E-state index in [1.165, 1.54) is 0 Å². The number of benzene rings is 2. The summed E-state index contributed by atoms with van der Waals surface area (Å²) in [7, 11) is 0. The van der Waals surface area contributed by atoms with Crippen LogP contribution in [0, 0.1) is 0 Å². The maximum absolute atomic E-state index is 12.6. The molecule has 0 saturated carbocycles. The molecule has 0 fully saturated rings. The first-order chi connectivity index (χ1) is 9.75. The van der Waals surface area contributed by atoms with Crippen molar-refractivity contribution in [3.05, 3.63) is 71.8 Å². The highest BCUT2D eigenvalue weighted by Gasteiger charge is 2.36. The van der Waals surface area contributed by atoms with Crippen LogP contribution < -0.4 is 0 Å². The van der Waals surface area contributed by atoms with Gasteiger partial charge in [0.15, 0.2) is 12.0 Å². The molecule has 0 amide bonds. The third kappa shape index (κ3) is 2.35. The summed E-state index contributed by atoms with van der Waals surface area (Å²) in [6, 6.07) is 18.7. The van der Waals surface area contributed by atoms with Crippen LogP contribution in [0.4, 0.5) is 0 Å². The third-order valence-corrected chi connectivity index (χ3v) is 3.36. The Hall–Kier alpha value is -2.42. The van der Waals surface area contributed by atoms with Gasteiger partial charge in [-0.15, -0.1) is 0 Å². The molecule has 0 N–H and O–H groups in total. The zero-order valence-electron chi connectivity index (χ0n) is 11.2. The number of rotatable bonds is 3. The van der Waals surface area contributed by atoms with Gasteiger partial charge < -0.3 is 4.74 Å². The van der Waals surface area contributed by atoms with E-state index in [9.17, 15) is 4.79 Å². The van der Waals surface area contributed by atoms with Crippen molar-refractivity contribution in [2.45, 2.75) is 19.1 Å². The predicted molar refractivity (Wildman–Crippen MR) is 77.9 cm³/mol. The van der Waals surface area contributed by atoms with Crippen LogP contribution in [0.1, 0.15) is 28.9 Å². The molecule has 2 aromatic carbocycles. The summed E-state index contributed by atoms with van der Waals surface area (Å²) < 4.78 is 5.64. The number of ether oxygens (including phenoxy) is 1. The van der Waals surface area contributed by atoms with E-state index in [0.717, 1.165) is 5.56 Å². The Balaban J connectivity index is 1.92. The first-order valence-corrected chi connectivity index (χ1v) is 6.61. The Bertz CT molecular complexity index is 635. The van der Waals surface area contributed by atoms with E-state index in [2.05, 4.69) is 4.99 Å². The van der Waals surface area contributed by atoms with Gasteiger partial charge in [0.05, 0.1) is 0 Å². The van der Waals surface area contributed by atoms with Gasteiger partial charge in [-0.2, -0.15) is 0 Å². The van der Waals surface area contributed by atoms with Crippen LogP contribution in [0.25, 0.3) is 0 Å². The molecule has 0 spiro atoms. The lowest BCUT2D eigenvalue weighted by atomic mass is 9.96. The summed E-state index contributed by atoms with van der Waals surface area (Å²) >= 11 is 0.